The van der Waals surface area contributed by atoms with Crippen molar-refractivity contribution in [2.24, 2.45) is 0 Å². The number of thiophene rings is 1. The van der Waals surface area contributed by atoms with Gasteiger partial charge in [-0.2, -0.15) is 4.31 Å². The Labute approximate surface area is 142 Å². The predicted octanol–water partition coefficient (Wildman–Crippen LogP) is 3.13. The maximum Gasteiger partial charge on any atom is 0.252 e. The first-order chi connectivity index (χ1) is 11.0. The molecule has 0 saturated carbocycles. The summed E-state index contributed by atoms with van der Waals surface area (Å²) >= 11 is 1.35. The van der Waals surface area contributed by atoms with Crippen molar-refractivity contribution in [2.75, 3.05) is 31.1 Å². The van der Waals surface area contributed by atoms with Crippen LogP contribution in [0.3, 0.4) is 0 Å². The van der Waals surface area contributed by atoms with Gasteiger partial charge in [-0.25, -0.2) is 8.42 Å². The highest BCUT2D eigenvalue weighted by Gasteiger charge is 2.29. The van der Waals surface area contributed by atoms with Crippen LogP contribution in [0.4, 0.5) is 5.69 Å². The highest BCUT2D eigenvalue weighted by molar-refractivity contribution is 7.91. The first-order valence-electron chi connectivity index (χ1n) is 7.91. The molecule has 0 aliphatic carbocycles. The number of aryl methyl sites for hydroxylation is 2. The fourth-order valence-corrected chi connectivity index (χ4v) is 5.67. The summed E-state index contributed by atoms with van der Waals surface area (Å²) in [6, 6.07) is 12.1. The van der Waals surface area contributed by atoms with Crippen LogP contribution < -0.4 is 4.90 Å². The van der Waals surface area contributed by atoms with Crippen LogP contribution in [-0.4, -0.2) is 38.9 Å². The first kappa shape index (κ1) is 16.5. The van der Waals surface area contributed by atoms with Gasteiger partial charge in [0.05, 0.1) is 0 Å². The molecule has 0 bridgehead atoms. The number of hydrogen-bond acceptors (Lipinski definition) is 4. The lowest BCUT2D eigenvalue weighted by Gasteiger charge is -2.35. The minimum Gasteiger partial charge on any atom is -0.369 e. The molecule has 2 aromatic rings. The molecule has 0 unspecified atom stereocenters. The average molecular weight is 351 g/mol. The molecule has 23 heavy (non-hydrogen) atoms. The molecule has 6 heteroatoms. The summed E-state index contributed by atoms with van der Waals surface area (Å²) in [5.74, 6) is 0. The Morgan fingerprint density at radius 1 is 1.00 bits per heavy atom. The largest absolute Gasteiger partial charge is 0.369 e. The van der Waals surface area contributed by atoms with Crippen molar-refractivity contribution in [1.29, 1.82) is 0 Å². The zero-order chi connectivity index (χ0) is 16.4. The second kappa shape index (κ2) is 6.63. The Morgan fingerprint density at radius 3 is 2.17 bits per heavy atom. The quantitative estimate of drug-likeness (QED) is 0.851. The molecule has 124 valence electrons. The van der Waals surface area contributed by atoms with Gasteiger partial charge in [0.2, 0.25) is 0 Å². The molecule has 0 spiro atoms. The zero-order valence-corrected chi connectivity index (χ0v) is 15.2. The number of nitrogens with zero attached hydrogens (tertiary/aromatic N) is 2. The molecule has 4 nitrogen and oxygen atoms in total. The van der Waals surface area contributed by atoms with Gasteiger partial charge in [-0.1, -0.05) is 19.1 Å². The molecule has 1 aromatic carbocycles. The molecule has 1 saturated heterocycles. The summed E-state index contributed by atoms with van der Waals surface area (Å²) in [6.07, 6.45) is 1.03. The van der Waals surface area contributed by atoms with E-state index in [0.717, 1.165) is 24.4 Å². The summed E-state index contributed by atoms with van der Waals surface area (Å²) in [6.45, 7) is 6.61. The molecule has 0 atom stereocenters. The molecule has 0 radical (unpaired) electrons. The lowest BCUT2D eigenvalue weighted by atomic mass is 10.1. The van der Waals surface area contributed by atoms with Crippen molar-refractivity contribution in [3.63, 3.8) is 0 Å². The van der Waals surface area contributed by atoms with Crippen molar-refractivity contribution < 1.29 is 8.42 Å². The van der Waals surface area contributed by atoms with Crippen LogP contribution >= 0.6 is 11.3 Å². The molecule has 1 fully saturated rings. The van der Waals surface area contributed by atoms with Crippen LogP contribution in [0.1, 0.15) is 17.4 Å². The van der Waals surface area contributed by atoms with Gasteiger partial charge < -0.3 is 4.90 Å². The number of hydrogen-bond donors (Lipinski definition) is 0. The summed E-state index contributed by atoms with van der Waals surface area (Å²) in [7, 11) is -3.33. The van der Waals surface area contributed by atoms with E-state index in [-0.39, 0.29) is 0 Å². The Hall–Kier alpha value is -1.37. The van der Waals surface area contributed by atoms with Crippen molar-refractivity contribution in [3.8, 4) is 0 Å². The second-order valence-electron chi connectivity index (χ2n) is 5.78. The fraction of sp³-hybridized carbons (Fsp3) is 0.412. The number of anilines is 1. The third-order valence-corrected chi connectivity index (χ3v) is 7.62. The second-order valence-corrected chi connectivity index (χ2v) is 9.23. The van der Waals surface area contributed by atoms with E-state index < -0.39 is 10.0 Å². The fourth-order valence-electron chi connectivity index (χ4n) is 2.81. The molecule has 0 amide bonds. The molecule has 3 rings (SSSR count). The van der Waals surface area contributed by atoms with Crippen molar-refractivity contribution in [3.05, 3.63) is 46.8 Å². The SMILES string of the molecule is CCc1ccc(N2CCN(S(=O)(=O)c3ccc(C)s3)CC2)cc1. The summed E-state index contributed by atoms with van der Waals surface area (Å²) in [5, 5.41) is 0. The minimum atomic E-state index is -3.33. The van der Waals surface area contributed by atoms with E-state index >= 15 is 0 Å². The minimum absolute atomic E-state index is 0.454. The topological polar surface area (TPSA) is 40.6 Å². The standard InChI is InChI=1S/C17H22N2O2S2/c1-3-15-5-7-16(8-6-15)18-10-12-19(13-11-18)23(20,21)17-9-4-14(2)22-17/h4-9H,3,10-13H2,1-2H3. The van der Waals surface area contributed by atoms with E-state index in [1.54, 1.807) is 10.4 Å². The van der Waals surface area contributed by atoms with E-state index in [0.29, 0.717) is 17.3 Å². The number of benzene rings is 1. The van der Waals surface area contributed by atoms with Gasteiger partial charge in [0.15, 0.2) is 0 Å². The van der Waals surface area contributed by atoms with E-state index in [1.165, 1.54) is 22.6 Å². The van der Waals surface area contributed by atoms with Gasteiger partial charge in [-0.05, 0) is 43.2 Å². The van der Waals surface area contributed by atoms with Crippen LogP contribution in [-0.2, 0) is 16.4 Å². The highest BCUT2D eigenvalue weighted by Crippen LogP contribution is 2.26. The summed E-state index contributed by atoms with van der Waals surface area (Å²) < 4.78 is 27.4. The van der Waals surface area contributed by atoms with Gasteiger partial charge >= 0.3 is 0 Å². The maximum absolute atomic E-state index is 12.6. The Bertz CT molecular complexity index is 758. The lowest BCUT2D eigenvalue weighted by molar-refractivity contribution is 0.386. The van der Waals surface area contributed by atoms with Crippen molar-refractivity contribution in [1.82, 2.24) is 4.31 Å². The molecule has 1 aliphatic rings. The van der Waals surface area contributed by atoms with E-state index in [4.69, 9.17) is 0 Å². The Morgan fingerprint density at radius 2 is 1.65 bits per heavy atom. The third kappa shape index (κ3) is 3.44. The maximum atomic E-state index is 12.6. The van der Waals surface area contributed by atoms with Gasteiger partial charge in [-0.3, -0.25) is 0 Å². The van der Waals surface area contributed by atoms with E-state index in [9.17, 15) is 8.42 Å². The summed E-state index contributed by atoms with van der Waals surface area (Å²) in [5.41, 5.74) is 2.49. The molecular formula is C17H22N2O2S2. The Kier molecular flexibility index (Phi) is 4.75. The number of rotatable bonds is 4. The first-order valence-corrected chi connectivity index (χ1v) is 10.2. The molecule has 2 heterocycles. The van der Waals surface area contributed by atoms with Gasteiger partial charge in [0, 0.05) is 36.7 Å². The molecule has 0 N–H and O–H groups in total. The zero-order valence-electron chi connectivity index (χ0n) is 13.5. The summed E-state index contributed by atoms with van der Waals surface area (Å²) in [4.78, 5) is 3.28. The molecule has 1 aliphatic heterocycles. The average Bonchev–Trinajstić information content (AvgIpc) is 3.02. The van der Waals surface area contributed by atoms with Gasteiger partial charge in [0.1, 0.15) is 4.21 Å². The highest BCUT2D eigenvalue weighted by atomic mass is 32.2. The smallest absolute Gasteiger partial charge is 0.252 e. The van der Waals surface area contributed by atoms with Crippen LogP contribution in [0.15, 0.2) is 40.6 Å². The number of sulfonamides is 1. The predicted molar refractivity (Wildman–Crippen MR) is 95.8 cm³/mol. The van der Waals surface area contributed by atoms with Crippen LogP contribution in [0, 0.1) is 6.92 Å². The third-order valence-electron chi connectivity index (χ3n) is 4.26. The van der Waals surface area contributed by atoms with Crippen LogP contribution in [0.25, 0.3) is 0 Å². The van der Waals surface area contributed by atoms with Crippen LogP contribution in [0.2, 0.25) is 0 Å². The number of piperazine rings is 1. The van der Waals surface area contributed by atoms with Crippen molar-refractivity contribution >= 4 is 27.0 Å². The van der Waals surface area contributed by atoms with E-state index in [2.05, 4.69) is 36.1 Å². The van der Waals surface area contributed by atoms with Gasteiger partial charge in [0.25, 0.3) is 10.0 Å². The van der Waals surface area contributed by atoms with Crippen molar-refractivity contribution in [2.45, 2.75) is 24.5 Å². The monoisotopic (exact) mass is 350 g/mol. The lowest BCUT2D eigenvalue weighted by Crippen LogP contribution is -2.48. The normalized spacial score (nSPS) is 16.7. The van der Waals surface area contributed by atoms with Crippen LogP contribution in [0.5, 0.6) is 0 Å². The Balaban J connectivity index is 1.68. The van der Waals surface area contributed by atoms with Gasteiger partial charge in [-0.15, -0.1) is 11.3 Å². The van der Waals surface area contributed by atoms with E-state index in [1.807, 2.05) is 13.0 Å². The molecular weight excluding hydrogens is 328 g/mol. The molecule has 1 aromatic heterocycles.